The summed E-state index contributed by atoms with van der Waals surface area (Å²) in [6, 6.07) is 9.84. The fourth-order valence-electron chi connectivity index (χ4n) is 3.26. The van der Waals surface area contributed by atoms with E-state index in [1.807, 2.05) is 39.9 Å². The van der Waals surface area contributed by atoms with Crippen molar-refractivity contribution >= 4 is 27.5 Å². The fraction of sp³-hybridized carbons (Fsp3) is 0.400. The Hall–Kier alpha value is -1.73. The number of carbonyl (C=O) groups excluding carboxylic acids is 1. The van der Waals surface area contributed by atoms with Crippen LogP contribution in [0, 0.1) is 0 Å². The number of para-hydroxylation sites is 1. The largest absolute Gasteiger partial charge is 0.311 e. The molecule has 1 aromatic carbocycles. The Balaban J connectivity index is 1.52. The van der Waals surface area contributed by atoms with Crippen LogP contribution in [0.15, 0.2) is 35.1 Å². The molecule has 0 saturated carbocycles. The number of halogens is 1. The first-order chi connectivity index (χ1) is 10.7. The molecular formula is C15H16BrN5O. The van der Waals surface area contributed by atoms with Crippen molar-refractivity contribution in [1.29, 1.82) is 0 Å². The van der Waals surface area contributed by atoms with Crippen LogP contribution in [0.3, 0.4) is 0 Å². The standard InChI is InChI=1S/C15H16BrN5O/c16-15-17-13-10-19(8-9-21(13)18-15)12-6-7-20(14(12)22)11-4-2-1-3-5-11/h1-5,12H,6-10H2. The molecule has 0 radical (unpaired) electrons. The molecule has 114 valence electrons. The zero-order chi connectivity index (χ0) is 15.1. The van der Waals surface area contributed by atoms with E-state index in [4.69, 9.17) is 0 Å². The summed E-state index contributed by atoms with van der Waals surface area (Å²) in [5, 5.41) is 4.29. The van der Waals surface area contributed by atoms with E-state index in [0.717, 1.165) is 37.6 Å². The van der Waals surface area contributed by atoms with Crippen molar-refractivity contribution < 1.29 is 4.79 Å². The van der Waals surface area contributed by atoms with Crippen molar-refractivity contribution in [1.82, 2.24) is 19.7 Å². The van der Waals surface area contributed by atoms with Crippen molar-refractivity contribution in [3.63, 3.8) is 0 Å². The van der Waals surface area contributed by atoms with Crippen molar-refractivity contribution in [2.24, 2.45) is 0 Å². The number of rotatable bonds is 2. The van der Waals surface area contributed by atoms with Crippen LogP contribution in [0.25, 0.3) is 0 Å². The summed E-state index contributed by atoms with van der Waals surface area (Å²) < 4.78 is 2.53. The first-order valence-corrected chi connectivity index (χ1v) is 8.21. The van der Waals surface area contributed by atoms with Crippen LogP contribution in [-0.4, -0.2) is 44.7 Å². The summed E-state index contributed by atoms with van der Waals surface area (Å²) in [5.41, 5.74) is 0.984. The fourth-order valence-corrected chi connectivity index (χ4v) is 3.65. The van der Waals surface area contributed by atoms with Crippen LogP contribution in [0.2, 0.25) is 0 Å². The molecule has 0 spiro atoms. The number of hydrogen-bond acceptors (Lipinski definition) is 4. The number of fused-ring (bicyclic) bond motifs is 1. The normalized spacial score (nSPS) is 22.1. The van der Waals surface area contributed by atoms with Gasteiger partial charge in [0.15, 0.2) is 0 Å². The molecule has 1 amide bonds. The minimum Gasteiger partial charge on any atom is -0.311 e. The summed E-state index contributed by atoms with van der Waals surface area (Å²) in [6.45, 7) is 3.07. The smallest absolute Gasteiger partial charge is 0.244 e. The molecule has 7 heteroatoms. The average Bonchev–Trinajstić information content (AvgIpc) is 3.09. The molecule has 1 aromatic heterocycles. The van der Waals surface area contributed by atoms with Gasteiger partial charge in [0.1, 0.15) is 5.82 Å². The second-order valence-corrected chi connectivity index (χ2v) is 6.33. The lowest BCUT2D eigenvalue weighted by Crippen LogP contribution is -2.45. The molecule has 3 heterocycles. The minimum absolute atomic E-state index is 0.0515. The van der Waals surface area contributed by atoms with Crippen LogP contribution >= 0.6 is 15.9 Å². The molecule has 1 atom stereocenters. The van der Waals surface area contributed by atoms with Crippen LogP contribution in [-0.2, 0) is 17.9 Å². The van der Waals surface area contributed by atoms with Gasteiger partial charge in [-0.05, 0) is 34.5 Å². The number of aromatic nitrogens is 3. The van der Waals surface area contributed by atoms with Crippen LogP contribution in [0.4, 0.5) is 5.69 Å². The van der Waals surface area contributed by atoms with Gasteiger partial charge in [0.2, 0.25) is 10.6 Å². The second kappa shape index (κ2) is 5.48. The van der Waals surface area contributed by atoms with Crippen LogP contribution < -0.4 is 4.90 Å². The Morgan fingerprint density at radius 1 is 1.14 bits per heavy atom. The van der Waals surface area contributed by atoms with Crippen LogP contribution in [0.5, 0.6) is 0 Å². The van der Waals surface area contributed by atoms with E-state index < -0.39 is 0 Å². The Morgan fingerprint density at radius 2 is 1.95 bits per heavy atom. The molecule has 1 saturated heterocycles. The Bertz CT molecular complexity index is 701. The lowest BCUT2D eigenvalue weighted by atomic mass is 10.2. The Kier molecular flexibility index (Phi) is 3.46. The number of carbonyl (C=O) groups is 1. The van der Waals surface area contributed by atoms with Crippen molar-refractivity contribution in [3.8, 4) is 0 Å². The number of hydrogen-bond donors (Lipinski definition) is 0. The van der Waals surface area contributed by atoms with E-state index in [1.54, 1.807) is 0 Å². The maximum absolute atomic E-state index is 12.8. The van der Waals surface area contributed by atoms with Gasteiger partial charge in [0, 0.05) is 18.8 Å². The quantitative estimate of drug-likeness (QED) is 0.816. The number of anilines is 1. The Labute approximate surface area is 136 Å². The molecule has 2 aliphatic rings. The molecule has 4 rings (SSSR count). The second-order valence-electron chi connectivity index (χ2n) is 5.62. The number of nitrogens with zero attached hydrogens (tertiary/aromatic N) is 5. The molecule has 1 unspecified atom stereocenters. The highest BCUT2D eigenvalue weighted by Crippen LogP contribution is 2.26. The summed E-state index contributed by atoms with van der Waals surface area (Å²) in [5.74, 6) is 1.11. The van der Waals surface area contributed by atoms with E-state index in [9.17, 15) is 4.79 Å². The molecule has 2 aromatic rings. The lowest BCUT2D eigenvalue weighted by molar-refractivity contribution is -0.122. The summed E-state index contributed by atoms with van der Waals surface area (Å²) in [4.78, 5) is 21.2. The van der Waals surface area contributed by atoms with E-state index in [-0.39, 0.29) is 11.9 Å². The molecule has 1 fully saturated rings. The monoisotopic (exact) mass is 361 g/mol. The third-order valence-electron chi connectivity index (χ3n) is 4.35. The third-order valence-corrected chi connectivity index (χ3v) is 4.69. The summed E-state index contributed by atoms with van der Waals surface area (Å²) in [6.07, 6.45) is 0.864. The SMILES string of the molecule is O=C1C(N2CCn3nc(Br)nc3C2)CCN1c1ccccc1. The first kappa shape index (κ1) is 13.9. The summed E-state index contributed by atoms with van der Waals surface area (Å²) in [7, 11) is 0. The topological polar surface area (TPSA) is 54.3 Å². The van der Waals surface area contributed by atoms with Crippen molar-refractivity contribution in [2.75, 3.05) is 18.0 Å². The van der Waals surface area contributed by atoms with Gasteiger partial charge in [-0.2, -0.15) is 0 Å². The van der Waals surface area contributed by atoms with Gasteiger partial charge in [-0.1, -0.05) is 18.2 Å². The molecule has 2 aliphatic heterocycles. The molecular weight excluding hydrogens is 346 g/mol. The van der Waals surface area contributed by atoms with Gasteiger partial charge in [-0.3, -0.25) is 9.69 Å². The van der Waals surface area contributed by atoms with E-state index in [1.165, 1.54) is 0 Å². The Morgan fingerprint density at radius 3 is 2.77 bits per heavy atom. The van der Waals surface area contributed by atoms with E-state index >= 15 is 0 Å². The molecule has 0 bridgehead atoms. The lowest BCUT2D eigenvalue weighted by Gasteiger charge is -2.30. The molecule has 6 nitrogen and oxygen atoms in total. The first-order valence-electron chi connectivity index (χ1n) is 7.42. The summed E-state index contributed by atoms with van der Waals surface area (Å²) >= 11 is 3.31. The van der Waals surface area contributed by atoms with E-state index in [0.29, 0.717) is 11.3 Å². The highest BCUT2D eigenvalue weighted by atomic mass is 79.9. The van der Waals surface area contributed by atoms with Crippen molar-refractivity contribution in [3.05, 3.63) is 40.9 Å². The molecule has 22 heavy (non-hydrogen) atoms. The van der Waals surface area contributed by atoms with Gasteiger partial charge in [-0.25, -0.2) is 9.67 Å². The van der Waals surface area contributed by atoms with Gasteiger partial charge < -0.3 is 4.90 Å². The predicted octanol–water partition coefficient (Wildman–Crippen LogP) is 1.66. The van der Waals surface area contributed by atoms with Gasteiger partial charge in [-0.15, -0.1) is 5.10 Å². The molecule has 0 N–H and O–H groups in total. The minimum atomic E-state index is -0.0515. The highest BCUT2D eigenvalue weighted by molar-refractivity contribution is 9.10. The zero-order valence-corrected chi connectivity index (χ0v) is 13.6. The zero-order valence-electron chi connectivity index (χ0n) is 12.0. The van der Waals surface area contributed by atoms with E-state index in [2.05, 4.69) is 30.9 Å². The third kappa shape index (κ3) is 2.34. The number of amides is 1. The van der Waals surface area contributed by atoms with Gasteiger partial charge >= 0.3 is 0 Å². The predicted molar refractivity (Wildman–Crippen MR) is 85.3 cm³/mol. The van der Waals surface area contributed by atoms with Gasteiger partial charge in [0.25, 0.3) is 0 Å². The maximum Gasteiger partial charge on any atom is 0.244 e. The average molecular weight is 362 g/mol. The molecule has 0 aliphatic carbocycles. The van der Waals surface area contributed by atoms with Crippen LogP contribution in [0.1, 0.15) is 12.2 Å². The van der Waals surface area contributed by atoms with Crippen molar-refractivity contribution in [2.45, 2.75) is 25.6 Å². The maximum atomic E-state index is 12.8. The highest BCUT2D eigenvalue weighted by Gasteiger charge is 2.38. The number of benzene rings is 1. The van der Waals surface area contributed by atoms with Gasteiger partial charge in [0.05, 0.1) is 19.1 Å².